The van der Waals surface area contributed by atoms with Crippen molar-refractivity contribution in [2.45, 2.75) is 53.4 Å². The first-order valence-corrected chi connectivity index (χ1v) is 18.9. The van der Waals surface area contributed by atoms with Crippen LogP contribution in [0.5, 0.6) is 28.7 Å². The fourth-order valence-corrected chi connectivity index (χ4v) is 6.33. The third kappa shape index (κ3) is 12.5. The predicted octanol–water partition coefficient (Wildman–Crippen LogP) is 8.61. The van der Waals surface area contributed by atoms with Gasteiger partial charge in [0.15, 0.2) is 11.4 Å². The Hall–Kier alpha value is -7.41. The Labute approximate surface area is 353 Å². The minimum absolute atomic E-state index is 0.0977. The van der Waals surface area contributed by atoms with Crippen LogP contribution < -0.4 is 14.2 Å². The zero-order chi connectivity index (χ0) is 44.6. The molecule has 0 bridgehead atoms. The lowest BCUT2D eigenvalue weighted by Crippen LogP contribution is -2.24. The number of hydrogen-bond acceptors (Lipinski definition) is 15. The van der Waals surface area contributed by atoms with Crippen molar-refractivity contribution in [3.05, 3.63) is 127 Å². The molecule has 0 radical (unpaired) electrons. The van der Waals surface area contributed by atoms with E-state index in [4.69, 9.17) is 33.4 Å². The van der Waals surface area contributed by atoms with Crippen LogP contribution in [0.1, 0.15) is 58.9 Å². The van der Waals surface area contributed by atoms with Crippen molar-refractivity contribution < 1.29 is 53.0 Å². The van der Waals surface area contributed by atoms with E-state index in [0.29, 0.717) is 48.5 Å². The first-order valence-electron chi connectivity index (χ1n) is 18.9. The SMILES string of the molecule is CO/N=C(/C(=O)OC)C1=C(COc2cccc(O)c2)CC(C)=C(C)C1.CO/N=C(/C(=O)OC)C1=C(COc2cccc(Oc3ccc([N+](=O)[O-])c(C#N)c3)c2)CC(C)=C(C)C1. The summed E-state index contributed by atoms with van der Waals surface area (Å²) < 4.78 is 27.3. The van der Waals surface area contributed by atoms with E-state index in [-0.39, 0.29) is 47.4 Å². The number of nitriles is 1. The molecule has 0 saturated carbocycles. The van der Waals surface area contributed by atoms with E-state index in [1.165, 1.54) is 63.4 Å². The normalized spacial score (nSPS) is 14.3. The van der Waals surface area contributed by atoms with Gasteiger partial charge < -0.3 is 38.5 Å². The maximum Gasteiger partial charge on any atom is 0.360 e. The number of allylic oxidation sites excluding steroid dienone is 4. The van der Waals surface area contributed by atoms with Crippen LogP contribution in [0.3, 0.4) is 0 Å². The highest BCUT2D eigenvalue weighted by molar-refractivity contribution is 6.43. The summed E-state index contributed by atoms with van der Waals surface area (Å²) in [6.45, 7) is 8.61. The molecule has 1 N–H and O–H groups in total. The van der Waals surface area contributed by atoms with Gasteiger partial charge in [0, 0.05) is 24.3 Å². The molecule has 0 atom stereocenters. The van der Waals surface area contributed by atoms with Gasteiger partial charge in [-0.15, -0.1) is 0 Å². The highest BCUT2D eigenvalue weighted by Gasteiger charge is 2.28. The molecular weight excluding hydrogens is 789 g/mol. The number of nitro benzene ring substituents is 1. The molecule has 16 nitrogen and oxygen atoms in total. The average molecular weight is 837 g/mol. The third-order valence-corrected chi connectivity index (χ3v) is 9.82. The summed E-state index contributed by atoms with van der Waals surface area (Å²) in [6, 6.07) is 19.2. The zero-order valence-electron chi connectivity index (χ0n) is 35.3. The van der Waals surface area contributed by atoms with Gasteiger partial charge in [0.05, 0.1) is 19.1 Å². The third-order valence-electron chi connectivity index (χ3n) is 9.82. The van der Waals surface area contributed by atoms with E-state index in [0.717, 1.165) is 22.3 Å². The number of phenols is 1. The molecule has 0 fully saturated rings. The number of rotatable bonds is 15. The molecule has 3 aromatic rings. The molecule has 320 valence electrons. The standard InChI is InChI=1S/C26H25N3O7.C19H23NO5/c1-16-10-19(23(11-17(16)2)25(28-34-4)26(30)33-3)15-35-20-6-5-7-21(13-20)36-22-8-9-24(29(31)32)18(12-22)14-27;1-12-8-14(11-25-16-7-5-6-15(21)10-16)17(9-13(12)2)18(20-24-4)19(22)23-3/h5-9,12-13H,10-11,15H2,1-4H3;5-7,10,21H,8-9,11H2,1-4H3/b28-25+;20-18+. The van der Waals surface area contributed by atoms with E-state index in [9.17, 15) is 30.1 Å². The minimum atomic E-state index is -0.619. The molecule has 0 heterocycles. The summed E-state index contributed by atoms with van der Waals surface area (Å²) in [6.07, 6.45) is 2.39. The van der Waals surface area contributed by atoms with Crippen LogP contribution in [-0.2, 0) is 28.7 Å². The maximum atomic E-state index is 12.3. The Morgan fingerprint density at radius 2 is 1.15 bits per heavy atom. The van der Waals surface area contributed by atoms with Gasteiger partial charge in [-0.25, -0.2) is 9.59 Å². The van der Waals surface area contributed by atoms with Crippen molar-refractivity contribution >= 4 is 29.0 Å². The van der Waals surface area contributed by atoms with E-state index in [1.54, 1.807) is 54.6 Å². The number of nitrogens with zero attached hydrogens (tertiary/aromatic N) is 4. The van der Waals surface area contributed by atoms with Crippen LogP contribution in [0.4, 0.5) is 5.69 Å². The van der Waals surface area contributed by atoms with E-state index >= 15 is 0 Å². The molecular formula is C45H48N4O12. The van der Waals surface area contributed by atoms with Crippen molar-refractivity contribution in [2.75, 3.05) is 41.7 Å². The summed E-state index contributed by atoms with van der Waals surface area (Å²) in [5.74, 6) is 0.769. The predicted molar refractivity (Wildman–Crippen MR) is 226 cm³/mol. The Kier molecular flexibility index (Phi) is 16.8. The second kappa shape index (κ2) is 22.1. The molecule has 3 aromatic carbocycles. The molecule has 0 aromatic heterocycles. The van der Waals surface area contributed by atoms with Gasteiger partial charge >= 0.3 is 11.9 Å². The van der Waals surface area contributed by atoms with Crippen LogP contribution in [0.15, 0.2) is 122 Å². The van der Waals surface area contributed by atoms with Crippen molar-refractivity contribution in [1.29, 1.82) is 5.26 Å². The van der Waals surface area contributed by atoms with Gasteiger partial charge in [-0.2, -0.15) is 5.26 Å². The van der Waals surface area contributed by atoms with E-state index in [2.05, 4.69) is 17.2 Å². The number of aromatic hydroxyl groups is 1. The van der Waals surface area contributed by atoms with Crippen LogP contribution >= 0.6 is 0 Å². The van der Waals surface area contributed by atoms with Crippen LogP contribution in [0.2, 0.25) is 0 Å². The zero-order valence-corrected chi connectivity index (χ0v) is 35.3. The lowest BCUT2D eigenvalue weighted by molar-refractivity contribution is -0.385. The van der Waals surface area contributed by atoms with E-state index < -0.39 is 16.9 Å². The Balaban J connectivity index is 0.000000287. The number of esters is 2. The Morgan fingerprint density at radius 3 is 1.61 bits per heavy atom. The summed E-state index contributed by atoms with van der Waals surface area (Å²) >= 11 is 0. The molecule has 0 saturated heterocycles. The molecule has 0 unspecified atom stereocenters. The lowest BCUT2D eigenvalue weighted by Gasteiger charge is -2.23. The van der Waals surface area contributed by atoms with Gasteiger partial charge in [0.25, 0.3) is 5.69 Å². The second-order valence-electron chi connectivity index (χ2n) is 13.9. The molecule has 16 heteroatoms. The molecule has 0 spiro atoms. The largest absolute Gasteiger partial charge is 0.508 e. The number of benzene rings is 3. The lowest BCUT2D eigenvalue weighted by atomic mass is 9.85. The number of phenolic OH excluding ortho intramolecular Hbond substituents is 1. The van der Waals surface area contributed by atoms with Crippen LogP contribution in [0.25, 0.3) is 0 Å². The highest BCUT2D eigenvalue weighted by Crippen LogP contribution is 2.34. The minimum Gasteiger partial charge on any atom is -0.508 e. The summed E-state index contributed by atoms with van der Waals surface area (Å²) in [5, 5.41) is 37.5. The van der Waals surface area contributed by atoms with Crippen molar-refractivity contribution in [1.82, 2.24) is 0 Å². The molecule has 2 aliphatic rings. The number of hydrogen-bond donors (Lipinski definition) is 1. The van der Waals surface area contributed by atoms with E-state index in [1.807, 2.05) is 20.8 Å². The summed E-state index contributed by atoms with van der Waals surface area (Å²) in [7, 11) is 5.36. The first kappa shape index (κ1) is 46.3. The second-order valence-corrected chi connectivity index (χ2v) is 13.9. The number of carbonyl (C=O) groups is 2. The number of oxime groups is 2. The topological polar surface area (TPSA) is 211 Å². The number of ether oxygens (including phenoxy) is 5. The van der Waals surface area contributed by atoms with Crippen molar-refractivity contribution in [3.8, 4) is 34.8 Å². The first-order chi connectivity index (χ1) is 29.2. The fourth-order valence-electron chi connectivity index (χ4n) is 6.33. The Morgan fingerprint density at radius 1 is 0.689 bits per heavy atom. The molecule has 0 amide bonds. The van der Waals surface area contributed by atoms with Crippen LogP contribution in [-0.4, -0.2) is 75.0 Å². The fraction of sp³-hybridized carbons (Fsp3) is 0.311. The van der Waals surface area contributed by atoms with Gasteiger partial charge in [0.2, 0.25) is 0 Å². The smallest absolute Gasteiger partial charge is 0.360 e. The highest BCUT2D eigenvalue weighted by atomic mass is 16.6. The summed E-state index contributed by atoms with van der Waals surface area (Å²) in [5.41, 5.74) is 7.89. The van der Waals surface area contributed by atoms with Gasteiger partial charge in [-0.05, 0) is 106 Å². The van der Waals surface area contributed by atoms with Crippen LogP contribution in [0, 0.1) is 21.4 Å². The Bertz CT molecular complexity index is 2380. The molecule has 2 aliphatic carbocycles. The van der Waals surface area contributed by atoms with Crippen molar-refractivity contribution in [2.24, 2.45) is 10.3 Å². The monoisotopic (exact) mass is 836 g/mol. The molecule has 61 heavy (non-hydrogen) atoms. The van der Waals surface area contributed by atoms with Gasteiger partial charge in [0.1, 0.15) is 67.8 Å². The quantitative estimate of drug-likeness (QED) is 0.0500. The van der Waals surface area contributed by atoms with Gasteiger partial charge in [-0.1, -0.05) is 44.7 Å². The van der Waals surface area contributed by atoms with Crippen molar-refractivity contribution in [3.63, 3.8) is 0 Å². The maximum absolute atomic E-state index is 12.3. The summed E-state index contributed by atoms with van der Waals surface area (Å²) in [4.78, 5) is 44.6. The number of carbonyl (C=O) groups excluding carboxylic acids is 2. The molecule has 5 rings (SSSR count). The number of methoxy groups -OCH3 is 2. The average Bonchev–Trinajstić information content (AvgIpc) is 3.25. The van der Waals surface area contributed by atoms with Gasteiger partial charge in [-0.3, -0.25) is 10.1 Å². The number of nitro groups is 1. The molecule has 0 aliphatic heterocycles.